The summed E-state index contributed by atoms with van der Waals surface area (Å²) in [4.78, 5) is 0. The smallest absolute Gasteiger partial charge is 0.119 e. The molecule has 1 fully saturated rings. The number of hydrogen-bond donors (Lipinski definition) is 1. The van der Waals surface area contributed by atoms with Crippen LogP contribution in [-0.4, -0.2) is 5.11 Å². The highest BCUT2D eigenvalue weighted by Crippen LogP contribution is 2.63. The number of phenolic OH excluding ortho intramolecular Hbond substituents is 1. The molecule has 1 saturated carbocycles. The van der Waals surface area contributed by atoms with Crippen molar-refractivity contribution in [3.63, 3.8) is 0 Å². The van der Waals surface area contributed by atoms with Gasteiger partial charge in [-0.25, -0.2) is 0 Å². The second kappa shape index (κ2) is 4.49. The van der Waals surface area contributed by atoms with Gasteiger partial charge in [0.1, 0.15) is 5.75 Å². The highest BCUT2D eigenvalue weighted by molar-refractivity contribution is 5.45. The number of aromatic hydroxyl groups is 1. The highest BCUT2D eigenvalue weighted by Gasteiger charge is 2.50. The molecule has 0 amide bonds. The van der Waals surface area contributed by atoms with Gasteiger partial charge < -0.3 is 5.11 Å². The quantitative estimate of drug-likeness (QED) is 0.845. The van der Waals surface area contributed by atoms with Crippen LogP contribution in [0.25, 0.3) is 0 Å². The molecular formula is C17H18O. The molecule has 92 valence electrons. The maximum absolute atomic E-state index is 10.00. The van der Waals surface area contributed by atoms with Crippen LogP contribution >= 0.6 is 0 Å². The normalized spacial score (nSPS) is 25.9. The predicted molar refractivity (Wildman–Crippen MR) is 73.8 cm³/mol. The Kier molecular flexibility index (Phi) is 2.83. The molecule has 1 aliphatic carbocycles. The van der Waals surface area contributed by atoms with E-state index in [-0.39, 0.29) is 0 Å². The number of benzene rings is 2. The first-order valence-corrected chi connectivity index (χ1v) is 6.65. The van der Waals surface area contributed by atoms with Gasteiger partial charge in [-0.3, -0.25) is 0 Å². The first kappa shape index (κ1) is 11.3. The van der Waals surface area contributed by atoms with Crippen LogP contribution in [0.4, 0.5) is 0 Å². The summed E-state index contributed by atoms with van der Waals surface area (Å²) in [6.07, 6.45) is 1.17. The van der Waals surface area contributed by atoms with E-state index < -0.39 is 0 Å². The number of para-hydroxylation sites is 1. The second-order valence-corrected chi connectivity index (χ2v) is 5.09. The molecule has 1 N–H and O–H groups in total. The van der Waals surface area contributed by atoms with Gasteiger partial charge >= 0.3 is 0 Å². The molecule has 2 aromatic rings. The lowest BCUT2D eigenvalue weighted by molar-refractivity contribution is 0.467. The van der Waals surface area contributed by atoms with Crippen molar-refractivity contribution in [3.05, 3.63) is 65.7 Å². The van der Waals surface area contributed by atoms with Crippen LogP contribution in [0.1, 0.15) is 36.3 Å². The molecule has 3 atom stereocenters. The Balaban J connectivity index is 1.93. The van der Waals surface area contributed by atoms with Crippen LogP contribution in [0.2, 0.25) is 0 Å². The van der Waals surface area contributed by atoms with Crippen LogP contribution in [0.3, 0.4) is 0 Å². The average molecular weight is 238 g/mol. The second-order valence-electron chi connectivity index (χ2n) is 5.09. The number of phenols is 1. The van der Waals surface area contributed by atoms with Gasteiger partial charge in [0, 0.05) is 0 Å². The van der Waals surface area contributed by atoms with Gasteiger partial charge in [0.25, 0.3) is 0 Å². The van der Waals surface area contributed by atoms with E-state index in [9.17, 15) is 5.11 Å². The SMILES string of the molecule is CC[C@H]1[C@H](c2ccccc2)[C@H]1c1ccccc1O. The molecule has 1 aliphatic rings. The van der Waals surface area contributed by atoms with Crippen molar-refractivity contribution in [2.24, 2.45) is 5.92 Å². The van der Waals surface area contributed by atoms with Gasteiger partial charge in [-0.15, -0.1) is 0 Å². The first-order chi connectivity index (χ1) is 8.83. The van der Waals surface area contributed by atoms with Gasteiger partial charge in [-0.1, -0.05) is 61.9 Å². The zero-order valence-electron chi connectivity index (χ0n) is 10.6. The zero-order chi connectivity index (χ0) is 12.5. The van der Waals surface area contributed by atoms with E-state index >= 15 is 0 Å². The molecule has 0 aliphatic heterocycles. The predicted octanol–water partition coefficient (Wildman–Crippen LogP) is 4.30. The molecule has 2 aromatic carbocycles. The Hall–Kier alpha value is -1.76. The largest absolute Gasteiger partial charge is 0.508 e. The minimum absolute atomic E-state index is 0.444. The molecule has 0 saturated heterocycles. The Labute approximate surface area is 108 Å². The van der Waals surface area contributed by atoms with E-state index in [4.69, 9.17) is 0 Å². The van der Waals surface area contributed by atoms with Crippen molar-refractivity contribution >= 4 is 0 Å². The van der Waals surface area contributed by atoms with Crippen molar-refractivity contribution < 1.29 is 5.11 Å². The Morgan fingerprint density at radius 2 is 1.56 bits per heavy atom. The average Bonchev–Trinajstić information content (AvgIpc) is 3.14. The van der Waals surface area contributed by atoms with Crippen LogP contribution in [0.15, 0.2) is 54.6 Å². The zero-order valence-corrected chi connectivity index (χ0v) is 10.6. The van der Waals surface area contributed by atoms with Gasteiger partial charge in [0.15, 0.2) is 0 Å². The number of hydrogen-bond acceptors (Lipinski definition) is 1. The van der Waals surface area contributed by atoms with Crippen molar-refractivity contribution in [2.75, 3.05) is 0 Å². The Morgan fingerprint density at radius 3 is 2.22 bits per heavy atom. The monoisotopic (exact) mass is 238 g/mol. The van der Waals surface area contributed by atoms with Crippen LogP contribution < -0.4 is 0 Å². The lowest BCUT2D eigenvalue weighted by Gasteiger charge is -2.03. The first-order valence-electron chi connectivity index (χ1n) is 6.65. The van der Waals surface area contributed by atoms with E-state index in [2.05, 4.69) is 43.3 Å². The Bertz CT molecular complexity index is 532. The summed E-state index contributed by atoms with van der Waals surface area (Å²) < 4.78 is 0. The van der Waals surface area contributed by atoms with Crippen molar-refractivity contribution in [2.45, 2.75) is 25.2 Å². The fourth-order valence-corrected chi connectivity index (χ4v) is 3.21. The molecule has 0 heterocycles. The summed E-state index contributed by atoms with van der Waals surface area (Å²) in [5.41, 5.74) is 2.51. The van der Waals surface area contributed by atoms with Crippen molar-refractivity contribution in [3.8, 4) is 5.75 Å². The van der Waals surface area contributed by atoms with Crippen molar-refractivity contribution in [1.29, 1.82) is 0 Å². The lowest BCUT2D eigenvalue weighted by atomic mass is 10.0. The summed E-state index contributed by atoms with van der Waals surface area (Å²) in [5.74, 6) is 2.17. The molecule has 1 nitrogen and oxygen atoms in total. The van der Waals surface area contributed by atoms with Gasteiger partial charge in [0.2, 0.25) is 0 Å². The molecule has 0 radical (unpaired) electrons. The maximum Gasteiger partial charge on any atom is 0.119 e. The van der Waals surface area contributed by atoms with Gasteiger partial charge in [0.05, 0.1) is 0 Å². The standard InChI is InChI=1S/C17H18O/c1-2-13-16(12-8-4-3-5-9-12)17(13)14-10-6-7-11-15(14)18/h3-11,13,16-18H,2H2,1H3/t13-,16-,17+/m0/s1. The van der Waals surface area contributed by atoms with Gasteiger partial charge in [-0.2, -0.15) is 0 Å². The molecular weight excluding hydrogens is 220 g/mol. The third-order valence-electron chi connectivity index (χ3n) is 4.12. The third kappa shape index (κ3) is 1.80. The fourth-order valence-electron chi connectivity index (χ4n) is 3.21. The van der Waals surface area contributed by atoms with Crippen LogP contribution in [0, 0.1) is 5.92 Å². The maximum atomic E-state index is 10.00. The van der Waals surface area contributed by atoms with E-state index in [0.717, 1.165) is 5.56 Å². The minimum Gasteiger partial charge on any atom is -0.508 e. The molecule has 1 heteroatoms. The summed E-state index contributed by atoms with van der Waals surface area (Å²) in [6, 6.07) is 18.4. The molecule has 18 heavy (non-hydrogen) atoms. The summed E-state index contributed by atoms with van der Waals surface area (Å²) in [5, 5.41) is 10.00. The molecule has 0 spiro atoms. The lowest BCUT2D eigenvalue weighted by Crippen LogP contribution is -1.84. The minimum atomic E-state index is 0.444. The third-order valence-corrected chi connectivity index (χ3v) is 4.12. The molecule has 0 aromatic heterocycles. The summed E-state index contributed by atoms with van der Waals surface area (Å²) in [6.45, 7) is 2.24. The fraction of sp³-hybridized carbons (Fsp3) is 0.294. The van der Waals surface area contributed by atoms with E-state index in [1.54, 1.807) is 6.07 Å². The summed E-state index contributed by atoms with van der Waals surface area (Å²) in [7, 11) is 0. The van der Waals surface area contributed by atoms with Crippen molar-refractivity contribution in [1.82, 2.24) is 0 Å². The van der Waals surface area contributed by atoms with Crippen LogP contribution in [-0.2, 0) is 0 Å². The van der Waals surface area contributed by atoms with Gasteiger partial charge in [-0.05, 0) is 34.9 Å². The van der Waals surface area contributed by atoms with E-state index in [1.165, 1.54) is 12.0 Å². The summed E-state index contributed by atoms with van der Waals surface area (Å²) >= 11 is 0. The van der Waals surface area contributed by atoms with Crippen LogP contribution in [0.5, 0.6) is 5.75 Å². The molecule has 0 unspecified atom stereocenters. The Morgan fingerprint density at radius 1 is 0.889 bits per heavy atom. The molecule has 0 bridgehead atoms. The topological polar surface area (TPSA) is 20.2 Å². The highest BCUT2D eigenvalue weighted by atomic mass is 16.3. The van der Waals surface area contributed by atoms with E-state index in [1.807, 2.05) is 12.1 Å². The number of rotatable bonds is 3. The van der Waals surface area contributed by atoms with E-state index in [0.29, 0.717) is 23.5 Å². The molecule has 3 rings (SSSR count).